The minimum absolute atomic E-state index is 0.272. The van der Waals surface area contributed by atoms with E-state index in [0.29, 0.717) is 18.0 Å². The first kappa shape index (κ1) is 18.3. The van der Waals surface area contributed by atoms with Crippen molar-refractivity contribution < 1.29 is 23.8 Å². The number of nitrogens with one attached hydrogen (secondary N) is 1. The van der Waals surface area contributed by atoms with Crippen LogP contribution in [-0.2, 0) is 14.3 Å². The van der Waals surface area contributed by atoms with E-state index in [1.165, 1.54) is 0 Å². The molecule has 0 fully saturated rings. The highest BCUT2D eigenvalue weighted by Gasteiger charge is 2.09. The van der Waals surface area contributed by atoms with Crippen LogP contribution in [0.4, 0.5) is 5.69 Å². The largest absolute Gasteiger partial charge is 0.494 e. The molecule has 0 aliphatic heterocycles. The normalized spacial score (nSPS) is 10.0. The van der Waals surface area contributed by atoms with E-state index in [-0.39, 0.29) is 13.2 Å². The SMILES string of the molecule is CCOc1ccc(OCC(=O)OCC(=O)Nc2ccccc2C)cc1. The third-order valence-corrected chi connectivity index (χ3v) is 3.27. The number of carbonyl (C=O) groups excluding carboxylic acids is 2. The number of hydrogen-bond donors (Lipinski definition) is 1. The standard InChI is InChI=1S/C19H21NO5/c1-3-23-15-8-10-16(11-9-15)24-13-19(22)25-12-18(21)20-17-7-5-4-6-14(17)2/h4-11H,3,12-13H2,1-2H3,(H,20,21). The fourth-order valence-electron chi connectivity index (χ4n) is 2.03. The molecule has 0 bridgehead atoms. The molecule has 2 rings (SSSR count). The molecule has 0 atom stereocenters. The van der Waals surface area contributed by atoms with Gasteiger partial charge in [0.15, 0.2) is 13.2 Å². The number of amides is 1. The van der Waals surface area contributed by atoms with Gasteiger partial charge in [0.25, 0.3) is 5.91 Å². The predicted molar refractivity (Wildman–Crippen MR) is 93.9 cm³/mol. The van der Waals surface area contributed by atoms with Crippen LogP contribution in [0.2, 0.25) is 0 Å². The molecule has 2 aromatic carbocycles. The van der Waals surface area contributed by atoms with Crippen LogP contribution in [0.1, 0.15) is 12.5 Å². The number of carbonyl (C=O) groups is 2. The molecular formula is C19H21NO5. The van der Waals surface area contributed by atoms with Gasteiger partial charge >= 0.3 is 5.97 Å². The molecule has 0 radical (unpaired) electrons. The first-order chi connectivity index (χ1) is 12.1. The lowest BCUT2D eigenvalue weighted by molar-refractivity contribution is -0.149. The summed E-state index contributed by atoms with van der Waals surface area (Å²) in [6.07, 6.45) is 0. The van der Waals surface area contributed by atoms with E-state index < -0.39 is 11.9 Å². The Hall–Kier alpha value is -3.02. The van der Waals surface area contributed by atoms with E-state index >= 15 is 0 Å². The maximum atomic E-state index is 11.8. The topological polar surface area (TPSA) is 73.9 Å². The summed E-state index contributed by atoms with van der Waals surface area (Å²) in [5.74, 6) is 0.229. The number of aryl methyl sites for hydroxylation is 1. The third-order valence-electron chi connectivity index (χ3n) is 3.27. The number of hydrogen-bond acceptors (Lipinski definition) is 5. The molecule has 132 valence electrons. The van der Waals surface area contributed by atoms with Crippen LogP contribution in [0, 0.1) is 6.92 Å². The Labute approximate surface area is 146 Å². The molecule has 0 unspecified atom stereocenters. The number of benzene rings is 2. The van der Waals surface area contributed by atoms with Gasteiger partial charge in [-0.2, -0.15) is 0 Å². The van der Waals surface area contributed by atoms with Gasteiger partial charge in [-0.15, -0.1) is 0 Å². The molecular weight excluding hydrogens is 322 g/mol. The zero-order valence-corrected chi connectivity index (χ0v) is 14.3. The van der Waals surface area contributed by atoms with Crippen molar-refractivity contribution in [3.63, 3.8) is 0 Å². The van der Waals surface area contributed by atoms with Crippen molar-refractivity contribution in [1.82, 2.24) is 0 Å². The second-order valence-corrected chi connectivity index (χ2v) is 5.22. The number of esters is 1. The van der Waals surface area contributed by atoms with E-state index in [0.717, 1.165) is 11.3 Å². The molecule has 25 heavy (non-hydrogen) atoms. The average molecular weight is 343 g/mol. The Morgan fingerprint density at radius 1 is 0.920 bits per heavy atom. The Bertz CT molecular complexity index is 712. The molecule has 0 heterocycles. The first-order valence-corrected chi connectivity index (χ1v) is 7.95. The maximum Gasteiger partial charge on any atom is 0.344 e. The fourth-order valence-corrected chi connectivity index (χ4v) is 2.03. The van der Waals surface area contributed by atoms with Gasteiger partial charge in [-0.1, -0.05) is 18.2 Å². The fraction of sp³-hybridized carbons (Fsp3) is 0.263. The highest BCUT2D eigenvalue weighted by atomic mass is 16.6. The summed E-state index contributed by atoms with van der Waals surface area (Å²) >= 11 is 0. The second kappa shape index (κ2) is 9.32. The van der Waals surface area contributed by atoms with Crippen molar-refractivity contribution in [2.24, 2.45) is 0 Å². The van der Waals surface area contributed by atoms with Gasteiger partial charge in [0.1, 0.15) is 11.5 Å². The summed E-state index contributed by atoms with van der Waals surface area (Å²) in [7, 11) is 0. The molecule has 0 aliphatic carbocycles. The van der Waals surface area contributed by atoms with Gasteiger partial charge in [0, 0.05) is 5.69 Å². The van der Waals surface area contributed by atoms with Crippen LogP contribution in [-0.4, -0.2) is 31.7 Å². The van der Waals surface area contributed by atoms with E-state index in [1.807, 2.05) is 32.0 Å². The summed E-state index contributed by atoms with van der Waals surface area (Å²) in [5.41, 5.74) is 1.62. The van der Waals surface area contributed by atoms with Crippen molar-refractivity contribution in [1.29, 1.82) is 0 Å². The number of ether oxygens (including phenoxy) is 3. The molecule has 6 heteroatoms. The molecule has 0 aliphatic rings. The molecule has 0 spiro atoms. The van der Waals surface area contributed by atoms with Crippen molar-refractivity contribution in [3.8, 4) is 11.5 Å². The van der Waals surface area contributed by atoms with Crippen molar-refractivity contribution >= 4 is 17.6 Å². The molecule has 2 aromatic rings. The lowest BCUT2D eigenvalue weighted by Crippen LogP contribution is -2.23. The monoisotopic (exact) mass is 343 g/mol. The quantitative estimate of drug-likeness (QED) is 0.746. The van der Waals surface area contributed by atoms with Crippen LogP contribution < -0.4 is 14.8 Å². The Morgan fingerprint density at radius 3 is 2.20 bits per heavy atom. The number of anilines is 1. The second-order valence-electron chi connectivity index (χ2n) is 5.22. The van der Waals surface area contributed by atoms with Gasteiger partial charge in [-0.3, -0.25) is 4.79 Å². The first-order valence-electron chi connectivity index (χ1n) is 7.95. The molecule has 1 amide bonds. The Morgan fingerprint density at radius 2 is 1.56 bits per heavy atom. The highest BCUT2D eigenvalue weighted by molar-refractivity contribution is 5.93. The minimum atomic E-state index is -0.617. The third kappa shape index (κ3) is 6.18. The molecule has 0 saturated carbocycles. The summed E-state index contributed by atoms with van der Waals surface area (Å²) in [6, 6.07) is 14.3. The van der Waals surface area contributed by atoms with Crippen LogP contribution in [0.15, 0.2) is 48.5 Å². The zero-order chi connectivity index (χ0) is 18.1. The molecule has 6 nitrogen and oxygen atoms in total. The van der Waals surface area contributed by atoms with Crippen molar-refractivity contribution in [3.05, 3.63) is 54.1 Å². The number of rotatable bonds is 8. The van der Waals surface area contributed by atoms with E-state index in [2.05, 4.69) is 5.32 Å². The predicted octanol–water partition coefficient (Wildman–Crippen LogP) is 2.95. The van der Waals surface area contributed by atoms with Gasteiger partial charge in [0.2, 0.25) is 0 Å². The van der Waals surface area contributed by atoms with Crippen LogP contribution in [0.25, 0.3) is 0 Å². The summed E-state index contributed by atoms with van der Waals surface area (Å²) in [5, 5.41) is 2.69. The Balaban J connectivity index is 1.71. The zero-order valence-electron chi connectivity index (χ0n) is 14.3. The van der Waals surface area contributed by atoms with Crippen LogP contribution in [0.5, 0.6) is 11.5 Å². The van der Waals surface area contributed by atoms with E-state index in [4.69, 9.17) is 14.2 Å². The summed E-state index contributed by atoms with van der Waals surface area (Å²) < 4.78 is 15.5. The molecule has 0 saturated heterocycles. The van der Waals surface area contributed by atoms with Gasteiger partial charge in [0.05, 0.1) is 6.61 Å². The van der Waals surface area contributed by atoms with Gasteiger partial charge < -0.3 is 19.5 Å². The van der Waals surface area contributed by atoms with E-state index in [1.54, 1.807) is 30.3 Å². The lowest BCUT2D eigenvalue weighted by Gasteiger charge is -2.09. The number of para-hydroxylation sites is 1. The minimum Gasteiger partial charge on any atom is -0.494 e. The molecule has 1 N–H and O–H groups in total. The lowest BCUT2D eigenvalue weighted by atomic mass is 10.2. The molecule has 0 aromatic heterocycles. The summed E-state index contributed by atoms with van der Waals surface area (Å²) in [4.78, 5) is 23.5. The Kier molecular flexibility index (Phi) is 6.83. The van der Waals surface area contributed by atoms with E-state index in [9.17, 15) is 9.59 Å². The van der Waals surface area contributed by atoms with Gasteiger partial charge in [-0.25, -0.2) is 4.79 Å². The average Bonchev–Trinajstić information content (AvgIpc) is 2.61. The maximum absolute atomic E-state index is 11.8. The van der Waals surface area contributed by atoms with Crippen LogP contribution in [0.3, 0.4) is 0 Å². The highest BCUT2D eigenvalue weighted by Crippen LogP contribution is 2.17. The van der Waals surface area contributed by atoms with Crippen molar-refractivity contribution in [2.45, 2.75) is 13.8 Å². The summed E-state index contributed by atoms with van der Waals surface area (Å²) in [6.45, 7) is 3.73. The van der Waals surface area contributed by atoms with Crippen molar-refractivity contribution in [2.75, 3.05) is 25.1 Å². The smallest absolute Gasteiger partial charge is 0.344 e. The van der Waals surface area contributed by atoms with Gasteiger partial charge in [-0.05, 0) is 49.7 Å². The van der Waals surface area contributed by atoms with Crippen LogP contribution >= 0.6 is 0 Å².